The number of fused-ring (bicyclic) bond motifs is 9. The van der Waals surface area contributed by atoms with E-state index < -0.39 is 0 Å². The second kappa shape index (κ2) is 15.3. The molecule has 0 bridgehead atoms. The number of aromatic nitrogens is 6. The summed E-state index contributed by atoms with van der Waals surface area (Å²) < 4.78 is 0. The van der Waals surface area contributed by atoms with E-state index in [1.54, 1.807) is 37.2 Å². The molecule has 45 heavy (non-hydrogen) atoms. The monoisotopic (exact) mass is 669 g/mol. The average Bonchev–Trinajstić information content (AvgIpc) is 3.09. The van der Waals surface area contributed by atoms with Gasteiger partial charge in [0.1, 0.15) is 0 Å². The van der Waals surface area contributed by atoms with E-state index in [9.17, 15) is 0 Å². The molecule has 6 heterocycles. The molecular weight excluding hydrogens is 646 g/mol. The van der Waals surface area contributed by atoms with Gasteiger partial charge in [-0.15, -0.1) is 0 Å². The fourth-order valence-corrected chi connectivity index (χ4v) is 5.04. The number of benzene rings is 3. The summed E-state index contributed by atoms with van der Waals surface area (Å²) in [7, 11) is 0. The molecular formula is C36H24Cl2CoN6. The topological polar surface area (TPSA) is 77.3 Å². The summed E-state index contributed by atoms with van der Waals surface area (Å²) in [5.74, 6) is 0. The Kier molecular flexibility index (Phi) is 11.2. The smallest absolute Gasteiger partial charge is 1.00 e. The molecule has 0 saturated heterocycles. The zero-order valence-electron chi connectivity index (χ0n) is 23.6. The number of halogens is 2. The van der Waals surface area contributed by atoms with Gasteiger partial charge in [0.05, 0.1) is 33.1 Å². The van der Waals surface area contributed by atoms with Gasteiger partial charge in [0, 0.05) is 69.5 Å². The Morgan fingerprint density at radius 2 is 0.400 bits per heavy atom. The standard InChI is InChI=1S/3C12H8N2.2ClH.Co/c3*1-3-9-5-6-10-4-2-8-14-12(10)11(9)13-7-1;;;/h3*1-8H;2*1H;/q;;;;;+2/p-2. The third kappa shape index (κ3) is 6.98. The predicted octanol–water partition coefficient (Wildman–Crippen LogP) is 2.35. The first-order chi connectivity index (χ1) is 20.8. The van der Waals surface area contributed by atoms with Crippen molar-refractivity contribution in [2.75, 3.05) is 0 Å². The quantitative estimate of drug-likeness (QED) is 0.231. The summed E-state index contributed by atoms with van der Waals surface area (Å²) >= 11 is 0. The Balaban J connectivity index is 0.000000149. The molecule has 9 heteroatoms. The SMILES string of the molecule is [Cl-].[Cl-].[Co+2].c1cnc2c(c1)ccc1cccnc12.c1cnc2c(c1)ccc1cccnc12.c1cnc2c(c1)ccc1cccnc12. The van der Waals surface area contributed by atoms with E-state index in [-0.39, 0.29) is 41.6 Å². The predicted molar refractivity (Wildman–Crippen MR) is 171 cm³/mol. The molecule has 0 unspecified atom stereocenters. The molecule has 9 rings (SSSR count). The number of nitrogens with zero attached hydrogens (tertiary/aromatic N) is 6. The van der Waals surface area contributed by atoms with Gasteiger partial charge in [-0.1, -0.05) is 72.8 Å². The van der Waals surface area contributed by atoms with Gasteiger partial charge in [-0.3, -0.25) is 29.9 Å². The second-order valence-corrected chi connectivity index (χ2v) is 9.65. The number of hydrogen-bond acceptors (Lipinski definition) is 6. The average molecular weight is 670 g/mol. The molecule has 6 aromatic heterocycles. The van der Waals surface area contributed by atoms with Crippen molar-refractivity contribution in [3.8, 4) is 0 Å². The maximum absolute atomic E-state index is 4.35. The van der Waals surface area contributed by atoms with Gasteiger partial charge in [-0.2, -0.15) is 0 Å². The number of rotatable bonds is 0. The van der Waals surface area contributed by atoms with E-state index in [0.29, 0.717) is 0 Å². The molecule has 3 aromatic carbocycles. The van der Waals surface area contributed by atoms with Crippen LogP contribution in [-0.2, 0) is 16.8 Å². The van der Waals surface area contributed by atoms with Crippen molar-refractivity contribution in [3.05, 3.63) is 146 Å². The van der Waals surface area contributed by atoms with Crippen LogP contribution in [0.15, 0.2) is 146 Å². The van der Waals surface area contributed by atoms with Gasteiger partial charge in [0.15, 0.2) is 0 Å². The van der Waals surface area contributed by atoms with Crippen LogP contribution < -0.4 is 24.8 Å². The van der Waals surface area contributed by atoms with E-state index >= 15 is 0 Å². The first-order valence-corrected chi connectivity index (χ1v) is 13.6. The van der Waals surface area contributed by atoms with E-state index in [4.69, 9.17) is 0 Å². The summed E-state index contributed by atoms with van der Waals surface area (Å²) in [4.78, 5) is 26.1. The Morgan fingerprint density at radius 1 is 0.244 bits per heavy atom. The van der Waals surface area contributed by atoms with Gasteiger partial charge < -0.3 is 24.8 Å². The Morgan fingerprint density at radius 3 is 0.556 bits per heavy atom. The largest absolute Gasteiger partial charge is 2.00 e. The molecule has 0 aliphatic heterocycles. The molecule has 0 saturated carbocycles. The molecule has 221 valence electrons. The van der Waals surface area contributed by atoms with Crippen molar-refractivity contribution in [3.63, 3.8) is 0 Å². The minimum absolute atomic E-state index is 0. The van der Waals surface area contributed by atoms with E-state index in [1.165, 1.54) is 0 Å². The van der Waals surface area contributed by atoms with Crippen LogP contribution in [0.2, 0.25) is 0 Å². The third-order valence-corrected chi connectivity index (χ3v) is 7.03. The van der Waals surface area contributed by atoms with Crippen molar-refractivity contribution < 1.29 is 41.6 Å². The summed E-state index contributed by atoms with van der Waals surface area (Å²) in [6.45, 7) is 0. The van der Waals surface area contributed by atoms with E-state index in [2.05, 4.69) is 103 Å². The summed E-state index contributed by atoms with van der Waals surface area (Å²) in [5.41, 5.74) is 5.86. The van der Waals surface area contributed by atoms with Crippen LogP contribution in [-0.4, -0.2) is 29.9 Å². The third-order valence-electron chi connectivity index (χ3n) is 7.03. The van der Waals surface area contributed by atoms with Crippen LogP contribution in [0.4, 0.5) is 0 Å². The minimum atomic E-state index is 0. The van der Waals surface area contributed by atoms with Crippen LogP contribution >= 0.6 is 0 Å². The zero-order valence-corrected chi connectivity index (χ0v) is 26.2. The van der Waals surface area contributed by atoms with Crippen LogP contribution in [0.3, 0.4) is 0 Å². The van der Waals surface area contributed by atoms with Gasteiger partial charge in [0.2, 0.25) is 0 Å². The fourth-order valence-electron chi connectivity index (χ4n) is 5.04. The van der Waals surface area contributed by atoms with Crippen LogP contribution in [0, 0.1) is 0 Å². The van der Waals surface area contributed by atoms with Gasteiger partial charge in [-0.25, -0.2) is 0 Å². The fraction of sp³-hybridized carbons (Fsp3) is 0. The van der Waals surface area contributed by atoms with Crippen molar-refractivity contribution in [1.29, 1.82) is 0 Å². The van der Waals surface area contributed by atoms with E-state index in [1.807, 2.05) is 36.4 Å². The van der Waals surface area contributed by atoms with E-state index in [0.717, 1.165) is 65.4 Å². The summed E-state index contributed by atoms with van der Waals surface area (Å²) in [6, 6.07) is 36.4. The van der Waals surface area contributed by atoms with Gasteiger partial charge >= 0.3 is 16.8 Å². The molecule has 0 aliphatic rings. The van der Waals surface area contributed by atoms with Crippen molar-refractivity contribution in [2.24, 2.45) is 0 Å². The Hall–Kier alpha value is -4.79. The first kappa shape index (κ1) is 33.1. The second-order valence-electron chi connectivity index (χ2n) is 9.65. The molecule has 1 radical (unpaired) electrons. The normalized spacial score (nSPS) is 10.1. The van der Waals surface area contributed by atoms with Gasteiger partial charge in [-0.05, 0) is 36.4 Å². The van der Waals surface area contributed by atoms with Gasteiger partial charge in [0.25, 0.3) is 0 Å². The number of pyridine rings is 6. The minimum Gasteiger partial charge on any atom is -1.00 e. The van der Waals surface area contributed by atoms with Crippen molar-refractivity contribution in [2.45, 2.75) is 0 Å². The molecule has 0 fully saturated rings. The molecule has 0 aliphatic carbocycles. The van der Waals surface area contributed by atoms with Crippen molar-refractivity contribution >= 4 is 65.4 Å². The zero-order chi connectivity index (χ0) is 28.1. The van der Waals surface area contributed by atoms with Crippen LogP contribution in [0.25, 0.3) is 65.4 Å². The maximum Gasteiger partial charge on any atom is 2.00 e. The van der Waals surface area contributed by atoms with Crippen molar-refractivity contribution in [1.82, 2.24) is 29.9 Å². The molecule has 0 amide bonds. The first-order valence-electron chi connectivity index (χ1n) is 13.6. The molecule has 0 atom stereocenters. The Bertz CT molecular complexity index is 1920. The summed E-state index contributed by atoms with van der Waals surface area (Å²) in [6.07, 6.45) is 10.8. The van der Waals surface area contributed by atoms with Crippen LogP contribution in [0.5, 0.6) is 0 Å². The summed E-state index contributed by atoms with van der Waals surface area (Å²) in [5, 5.41) is 6.83. The molecule has 9 aromatic rings. The Labute approximate surface area is 282 Å². The molecule has 0 spiro atoms. The maximum atomic E-state index is 4.35. The van der Waals surface area contributed by atoms with Crippen LogP contribution in [0.1, 0.15) is 0 Å². The molecule has 6 nitrogen and oxygen atoms in total. The number of hydrogen-bond donors (Lipinski definition) is 0. The molecule has 0 N–H and O–H groups in total.